The van der Waals surface area contributed by atoms with Crippen molar-refractivity contribution >= 4 is 38.9 Å². The van der Waals surface area contributed by atoms with Crippen LogP contribution in [-0.2, 0) is 21.4 Å². The van der Waals surface area contributed by atoms with Crippen LogP contribution in [0.2, 0.25) is 4.34 Å². The van der Waals surface area contributed by atoms with E-state index in [2.05, 4.69) is 12.2 Å². The molecular formula is C23H31ClN2O4S2. The average molecular weight is 499 g/mol. The molecule has 176 valence electrons. The van der Waals surface area contributed by atoms with Gasteiger partial charge in [-0.05, 0) is 55.0 Å². The number of thiophene rings is 1. The molecule has 0 radical (unpaired) electrons. The minimum Gasteiger partial charge on any atom is -0.494 e. The van der Waals surface area contributed by atoms with Gasteiger partial charge in [-0.3, -0.25) is 4.79 Å². The summed E-state index contributed by atoms with van der Waals surface area (Å²) in [4.78, 5) is 12.7. The molecule has 3 rings (SSSR count). The highest BCUT2D eigenvalue weighted by Crippen LogP contribution is 2.32. The highest BCUT2D eigenvalue weighted by Gasteiger charge is 2.34. The van der Waals surface area contributed by atoms with E-state index in [1.807, 2.05) is 31.2 Å². The fourth-order valence-corrected chi connectivity index (χ4v) is 6.89. The quantitative estimate of drug-likeness (QED) is 0.471. The van der Waals surface area contributed by atoms with Crippen molar-refractivity contribution < 1.29 is 17.9 Å². The molecule has 1 amide bonds. The maximum Gasteiger partial charge on any atom is 0.252 e. The van der Waals surface area contributed by atoms with Crippen LogP contribution in [0, 0.1) is 11.8 Å². The highest BCUT2D eigenvalue weighted by molar-refractivity contribution is 7.91. The topological polar surface area (TPSA) is 75.7 Å². The van der Waals surface area contributed by atoms with Gasteiger partial charge in [0, 0.05) is 25.6 Å². The van der Waals surface area contributed by atoms with Gasteiger partial charge in [-0.2, -0.15) is 4.31 Å². The van der Waals surface area contributed by atoms with Crippen molar-refractivity contribution in [2.24, 2.45) is 11.8 Å². The van der Waals surface area contributed by atoms with E-state index in [0.717, 1.165) is 35.5 Å². The molecule has 2 heterocycles. The lowest BCUT2D eigenvalue weighted by Gasteiger charge is -2.33. The SMILES string of the molecule is CCCCOc1ccc(CNC(=O)[C@@H](C)C2CCN(S(=O)(=O)c3ccc(Cl)s3)CC2)cc1. The predicted molar refractivity (Wildman–Crippen MR) is 129 cm³/mol. The Labute approximate surface area is 200 Å². The second kappa shape index (κ2) is 11.5. The summed E-state index contributed by atoms with van der Waals surface area (Å²) >= 11 is 6.97. The maximum atomic E-state index is 12.8. The second-order valence-corrected chi connectivity index (χ2v) is 12.0. The van der Waals surface area contributed by atoms with Crippen molar-refractivity contribution in [2.45, 2.75) is 50.3 Å². The van der Waals surface area contributed by atoms with E-state index in [1.54, 1.807) is 12.1 Å². The number of halogens is 1. The first-order valence-electron chi connectivity index (χ1n) is 11.1. The van der Waals surface area contributed by atoms with E-state index >= 15 is 0 Å². The summed E-state index contributed by atoms with van der Waals surface area (Å²) in [5, 5.41) is 3.01. The summed E-state index contributed by atoms with van der Waals surface area (Å²) in [6, 6.07) is 10.9. The van der Waals surface area contributed by atoms with Gasteiger partial charge in [0.25, 0.3) is 10.0 Å². The van der Waals surface area contributed by atoms with Crippen LogP contribution in [0.1, 0.15) is 45.1 Å². The van der Waals surface area contributed by atoms with Crippen molar-refractivity contribution in [3.8, 4) is 5.75 Å². The van der Waals surface area contributed by atoms with Gasteiger partial charge in [-0.1, -0.05) is 44.0 Å². The van der Waals surface area contributed by atoms with E-state index in [9.17, 15) is 13.2 Å². The minimum absolute atomic E-state index is 0.000354. The Morgan fingerprint density at radius 1 is 1.22 bits per heavy atom. The number of benzene rings is 1. The third-order valence-electron chi connectivity index (χ3n) is 5.92. The molecule has 32 heavy (non-hydrogen) atoms. The van der Waals surface area contributed by atoms with Crippen LogP contribution in [0.3, 0.4) is 0 Å². The van der Waals surface area contributed by atoms with Gasteiger partial charge < -0.3 is 10.1 Å². The molecule has 2 aromatic rings. The zero-order valence-corrected chi connectivity index (χ0v) is 20.9. The number of sulfonamides is 1. The van der Waals surface area contributed by atoms with E-state index in [-0.39, 0.29) is 22.0 Å². The van der Waals surface area contributed by atoms with E-state index in [1.165, 1.54) is 4.31 Å². The van der Waals surface area contributed by atoms with Crippen molar-refractivity contribution in [3.63, 3.8) is 0 Å². The molecule has 0 spiro atoms. The molecule has 1 saturated heterocycles. The smallest absolute Gasteiger partial charge is 0.252 e. The summed E-state index contributed by atoms with van der Waals surface area (Å²) in [5.41, 5.74) is 1.02. The lowest BCUT2D eigenvalue weighted by molar-refractivity contribution is -0.126. The molecule has 1 fully saturated rings. The average Bonchev–Trinajstić information content (AvgIpc) is 3.25. The summed E-state index contributed by atoms with van der Waals surface area (Å²) in [6.07, 6.45) is 3.46. The van der Waals surface area contributed by atoms with E-state index in [0.29, 0.717) is 43.4 Å². The van der Waals surface area contributed by atoms with Crippen LogP contribution >= 0.6 is 22.9 Å². The molecular weight excluding hydrogens is 468 g/mol. The Morgan fingerprint density at radius 3 is 2.50 bits per heavy atom. The van der Waals surface area contributed by atoms with Gasteiger partial charge in [0.15, 0.2) is 0 Å². The number of carbonyl (C=O) groups is 1. The fourth-order valence-electron chi connectivity index (χ4n) is 3.78. The number of amides is 1. The van der Waals surface area contributed by atoms with Crippen molar-refractivity contribution in [3.05, 3.63) is 46.3 Å². The molecule has 0 aliphatic carbocycles. The van der Waals surface area contributed by atoms with Crippen LogP contribution < -0.4 is 10.1 Å². The van der Waals surface area contributed by atoms with Gasteiger partial charge in [0.05, 0.1) is 10.9 Å². The normalized spacial score (nSPS) is 16.6. The summed E-state index contributed by atoms with van der Waals surface area (Å²) in [6.45, 7) is 6.06. The van der Waals surface area contributed by atoms with Crippen molar-refractivity contribution in [1.29, 1.82) is 0 Å². The molecule has 0 unspecified atom stereocenters. The largest absolute Gasteiger partial charge is 0.494 e. The van der Waals surface area contributed by atoms with Crippen LogP contribution in [0.4, 0.5) is 0 Å². The Hall–Kier alpha value is -1.61. The van der Waals surface area contributed by atoms with Crippen LogP contribution in [0.5, 0.6) is 5.75 Å². The zero-order chi connectivity index (χ0) is 23.1. The van der Waals surface area contributed by atoms with Gasteiger partial charge >= 0.3 is 0 Å². The lowest BCUT2D eigenvalue weighted by atomic mass is 9.85. The number of ether oxygens (including phenoxy) is 1. The van der Waals surface area contributed by atoms with Crippen LogP contribution in [-0.4, -0.2) is 38.3 Å². The monoisotopic (exact) mass is 498 g/mol. The first-order chi connectivity index (χ1) is 15.3. The van der Waals surface area contributed by atoms with Gasteiger partial charge in [-0.15, -0.1) is 11.3 Å². The molecule has 0 saturated carbocycles. The Kier molecular flexibility index (Phi) is 8.99. The first kappa shape index (κ1) is 25.0. The third kappa shape index (κ3) is 6.47. The molecule has 1 aliphatic heterocycles. The van der Waals surface area contributed by atoms with E-state index < -0.39 is 10.0 Å². The van der Waals surface area contributed by atoms with Gasteiger partial charge in [0.2, 0.25) is 5.91 Å². The first-order valence-corrected chi connectivity index (χ1v) is 13.7. The minimum atomic E-state index is -3.51. The van der Waals surface area contributed by atoms with E-state index in [4.69, 9.17) is 16.3 Å². The molecule has 1 aromatic heterocycles. The molecule has 1 aliphatic rings. The molecule has 1 aromatic carbocycles. The van der Waals surface area contributed by atoms with Gasteiger partial charge in [-0.25, -0.2) is 8.42 Å². The summed E-state index contributed by atoms with van der Waals surface area (Å²) in [5.74, 6) is 0.823. The third-order valence-corrected chi connectivity index (χ3v) is 9.52. The number of unbranched alkanes of at least 4 members (excludes halogenated alkanes) is 1. The predicted octanol–water partition coefficient (Wildman–Crippen LogP) is 4.93. The standard InChI is InChI=1S/C23H31ClN2O4S2/c1-3-4-15-30-20-7-5-18(6-8-20)16-25-23(27)17(2)19-11-13-26(14-12-19)32(28,29)22-10-9-21(24)31-22/h5-10,17,19H,3-4,11-16H2,1-2H3,(H,25,27)/t17-/m0/s1. The number of piperidine rings is 1. The molecule has 1 N–H and O–H groups in total. The van der Waals surface area contributed by atoms with Crippen molar-refractivity contribution in [1.82, 2.24) is 9.62 Å². The van der Waals surface area contributed by atoms with Gasteiger partial charge in [0.1, 0.15) is 9.96 Å². The molecule has 0 bridgehead atoms. The molecule has 1 atom stereocenters. The van der Waals surface area contributed by atoms with Crippen LogP contribution in [0.25, 0.3) is 0 Å². The number of nitrogens with one attached hydrogen (secondary N) is 1. The van der Waals surface area contributed by atoms with Crippen LogP contribution in [0.15, 0.2) is 40.6 Å². The number of carbonyl (C=O) groups excluding carboxylic acids is 1. The number of nitrogens with zero attached hydrogens (tertiary/aromatic N) is 1. The number of hydrogen-bond donors (Lipinski definition) is 1. The number of rotatable bonds is 10. The van der Waals surface area contributed by atoms with Crippen molar-refractivity contribution in [2.75, 3.05) is 19.7 Å². The lowest BCUT2D eigenvalue weighted by Crippen LogP contribution is -2.42. The fraction of sp³-hybridized carbons (Fsp3) is 0.522. The maximum absolute atomic E-state index is 12.8. The summed E-state index contributed by atoms with van der Waals surface area (Å²) in [7, 11) is -3.51. The molecule has 6 nitrogen and oxygen atoms in total. The Morgan fingerprint density at radius 2 is 1.91 bits per heavy atom. The number of hydrogen-bond acceptors (Lipinski definition) is 5. The zero-order valence-electron chi connectivity index (χ0n) is 18.6. The highest BCUT2D eigenvalue weighted by atomic mass is 35.5. The Bertz CT molecular complexity index is 984. The summed E-state index contributed by atoms with van der Waals surface area (Å²) < 4.78 is 33.4. The molecule has 9 heteroatoms. The Balaban J connectivity index is 1.45. The second-order valence-electron chi connectivity index (χ2n) is 8.15.